The van der Waals surface area contributed by atoms with E-state index in [9.17, 15) is 0 Å². The normalized spacial score (nSPS) is 19.0. The summed E-state index contributed by atoms with van der Waals surface area (Å²) >= 11 is 0. The predicted molar refractivity (Wildman–Crippen MR) is 36.5 cm³/mol. The second kappa shape index (κ2) is 4.21. The van der Waals surface area contributed by atoms with E-state index >= 15 is 0 Å². The van der Waals surface area contributed by atoms with Crippen molar-refractivity contribution < 1.29 is 9.57 Å². The van der Waals surface area contributed by atoms with Gasteiger partial charge in [-0.15, -0.1) is 12.4 Å². The van der Waals surface area contributed by atoms with Crippen LogP contribution in [0.2, 0.25) is 0 Å². The molecule has 4 heteroatoms. The third-order valence-electron chi connectivity index (χ3n) is 0.786. The summed E-state index contributed by atoms with van der Waals surface area (Å²) in [6.45, 7) is 0. The van der Waals surface area contributed by atoms with Gasteiger partial charge in [0.25, 0.3) is 0 Å². The van der Waals surface area contributed by atoms with Gasteiger partial charge in [0, 0.05) is 6.42 Å². The molecule has 0 fully saturated rings. The second-order valence-corrected chi connectivity index (χ2v) is 1.36. The van der Waals surface area contributed by atoms with Crippen molar-refractivity contribution in [3.05, 3.63) is 12.3 Å². The van der Waals surface area contributed by atoms with Crippen LogP contribution < -0.4 is 0 Å². The lowest BCUT2D eigenvalue weighted by Crippen LogP contribution is -1.92. The Hall–Kier alpha value is -0.700. The fraction of sp³-hybridized carbons (Fsp3) is 0.400. The molecule has 0 saturated heterocycles. The summed E-state index contributed by atoms with van der Waals surface area (Å²) in [5, 5.41) is 3.56. The molecule has 0 spiro atoms. The van der Waals surface area contributed by atoms with Crippen molar-refractivity contribution in [2.75, 3.05) is 7.11 Å². The van der Waals surface area contributed by atoms with E-state index in [-0.39, 0.29) is 12.4 Å². The van der Waals surface area contributed by atoms with Crippen molar-refractivity contribution in [2.45, 2.75) is 6.42 Å². The molecule has 52 valence electrons. The highest BCUT2D eigenvalue weighted by atomic mass is 35.5. The Morgan fingerprint density at radius 2 is 2.56 bits per heavy atom. The van der Waals surface area contributed by atoms with Gasteiger partial charge in [-0.3, -0.25) is 0 Å². The zero-order valence-electron chi connectivity index (χ0n) is 5.03. The molecule has 9 heavy (non-hydrogen) atoms. The first-order valence-corrected chi connectivity index (χ1v) is 2.35. The van der Waals surface area contributed by atoms with Crippen molar-refractivity contribution >= 4 is 18.3 Å². The maximum absolute atomic E-state index is 4.84. The second-order valence-electron chi connectivity index (χ2n) is 1.36. The molecule has 1 aliphatic rings. The molecule has 0 radical (unpaired) electrons. The molecule has 0 aromatic rings. The monoisotopic (exact) mass is 149 g/mol. The van der Waals surface area contributed by atoms with Gasteiger partial charge in [0.05, 0.1) is 6.26 Å². The zero-order valence-corrected chi connectivity index (χ0v) is 5.85. The lowest BCUT2D eigenvalue weighted by Gasteiger charge is -1.91. The Morgan fingerprint density at radius 3 is 3.00 bits per heavy atom. The van der Waals surface area contributed by atoms with Gasteiger partial charge >= 0.3 is 0 Å². The number of ether oxygens (including phenoxy) is 1. The van der Waals surface area contributed by atoms with Crippen molar-refractivity contribution in [3.8, 4) is 0 Å². The summed E-state index contributed by atoms with van der Waals surface area (Å²) in [5.41, 5.74) is 0. The molecule has 0 unspecified atom stereocenters. The van der Waals surface area contributed by atoms with E-state index in [0.717, 1.165) is 6.42 Å². The molecule has 0 atom stereocenters. The topological polar surface area (TPSA) is 30.8 Å². The lowest BCUT2D eigenvalue weighted by molar-refractivity contribution is 0.202. The highest BCUT2D eigenvalue weighted by Gasteiger charge is 2.01. The van der Waals surface area contributed by atoms with Gasteiger partial charge in [0.1, 0.15) is 7.11 Å². The summed E-state index contributed by atoms with van der Waals surface area (Å²) in [6.07, 6.45) is 4.21. The van der Waals surface area contributed by atoms with Crippen LogP contribution in [-0.4, -0.2) is 13.0 Å². The van der Waals surface area contributed by atoms with Crippen molar-refractivity contribution in [3.63, 3.8) is 0 Å². The van der Waals surface area contributed by atoms with Crippen LogP contribution in [0.25, 0.3) is 0 Å². The fourth-order valence-electron chi connectivity index (χ4n) is 0.484. The molecule has 1 rings (SSSR count). The summed E-state index contributed by atoms with van der Waals surface area (Å²) < 4.78 is 4.84. The summed E-state index contributed by atoms with van der Waals surface area (Å²) in [7, 11) is 1.49. The van der Waals surface area contributed by atoms with Crippen LogP contribution >= 0.6 is 12.4 Å². The molecule has 0 bridgehead atoms. The molecular formula is C5H8ClNO2. The molecule has 1 heterocycles. The number of oxime groups is 1. The first kappa shape index (κ1) is 8.30. The van der Waals surface area contributed by atoms with Gasteiger partial charge in [0.15, 0.2) is 0 Å². The van der Waals surface area contributed by atoms with Gasteiger partial charge < -0.3 is 9.57 Å². The molecule has 0 saturated carbocycles. The molecule has 0 aliphatic carbocycles. The molecule has 0 amide bonds. The molecule has 3 nitrogen and oxygen atoms in total. The van der Waals surface area contributed by atoms with Crippen molar-refractivity contribution in [1.29, 1.82) is 0 Å². The van der Waals surface area contributed by atoms with Gasteiger partial charge in [0.2, 0.25) is 5.90 Å². The highest BCUT2D eigenvalue weighted by molar-refractivity contribution is 5.85. The maximum atomic E-state index is 4.84. The Bertz CT molecular complexity index is 123. The quantitative estimate of drug-likeness (QED) is 0.527. The smallest absolute Gasteiger partial charge is 0.234 e. The fourth-order valence-corrected chi connectivity index (χ4v) is 0.484. The lowest BCUT2D eigenvalue weighted by atomic mass is 10.5. The Kier molecular flexibility index (Phi) is 3.88. The van der Waals surface area contributed by atoms with E-state index in [2.05, 4.69) is 9.99 Å². The maximum Gasteiger partial charge on any atom is 0.234 e. The standard InChI is InChI=1S/C5H7NO2.ClH/c1-7-6-5-3-2-4-8-5;/h2,4H,3H2,1H3;1H. The van der Waals surface area contributed by atoms with Crippen LogP contribution in [0.15, 0.2) is 17.5 Å². The van der Waals surface area contributed by atoms with E-state index in [4.69, 9.17) is 4.74 Å². The minimum Gasteiger partial charge on any atom is -0.448 e. The van der Waals surface area contributed by atoms with Gasteiger partial charge in [-0.05, 0) is 6.08 Å². The molecule has 0 aromatic carbocycles. The molecule has 0 aromatic heterocycles. The third kappa shape index (κ3) is 2.37. The average Bonchev–Trinajstić information content (AvgIpc) is 2.19. The molecule has 1 aliphatic heterocycles. The number of hydrogen-bond acceptors (Lipinski definition) is 3. The third-order valence-corrected chi connectivity index (χ3v) is 0.786. The summed E-state index contributed by atoms with van der Waals surface area (Å²) in [6, 6.07) is 0. The van der Waals surface area contributed by atoms with Crippen LogP contribution in [0.4, 0.5) is 0 Å². The number of hydrogen-bond donors (Lipinski definition) is 0. The van der Waals surface area contributed by atoms with Crippen molar-refractivity contribution in [2.24, 2.45) is 5.16 Å². The van der Waals surface area contributed by atoms with E-state index in [0.29, 0.717) is 5.90 Å². The first-order chi connectivity index (χ1) is 3.93. The van der Waals surface area contributed by atoms with Crippen LogP contribution in [0.3, 0.4) is 0 Å². The molecular weight excluding hydrogens is 142 g/mol. The Morgan fingerprint density at radius 1 is 1.78 bits per heavy atom. The SMILES string of the molecule is CON=C1CC=CO1.Cl. The van der Waals surface area contributed by atoms with E-state index in [1.807, 2.05) is 6.08 Å². The molecule has 0 N–H and O–H groups in total. The summed E-state index contributed by atoms with van der Waals surface area (Å²) in [4.78, 5) is 4.45. The van der Waals surface area contributed by atoms with E-state index < -0.39 is 0 Å². The van der Waals surface area contributed by atoms with E-state index in [1.54, 1.807) is 6.26 Å². The van der Waals surface area contributed by atoms with Gasteiger partial charge in [-0.2, -0.15) is 0 Å². The first-order valence-electron chi connectivity index (χ1n) is 2.35. The van der Waals surface area contributed by atoms with E-state index in [1.165, 1.54) is 7.11 Å². The summed E-state index contributed by atoms with van der Waals surface area (Å²) in [5.74, 6) is 0.618. The Labute approximate surface area is 59.7 Å². The van der Waals surface area contributed by atoms with Crippen LogP contribution in [0.1, 0.15) is 6.42 Å². The van der Waals surface area contributed by atoms with Crippen LogP contribution in [-0.2, 0) is 9.57 Å². The van der Waals surface area contributed by atoms with Gasteiger partial charge in [-0.1, -0.05) is 5.16 Å². The number of nitrogens with zero attached hydrogens (tertiary/aromatic N) is 1. The number of rotatable bonds is 1. The van der Waals surface area contributed by atoms with Crippen LogP contribution in [0.5, 0.6) is 0 Å². The minimum atomic E-state index is 0. The highest BCUT2D eigenvalue weighted by Crippen LogP contribution is 2.00. The predicted octanol–water partition coefficient (Wildman–Crippen LogP) is 1.30. The Balaban J connectivity index is 0.000000640. The minimum absolute atomic E-state index is 0. The number of halogens is 1. The largest absolute Gasteiger partial charge is 0.448 e. The zero-order chi connectivity index (χ0) is 5.82. The van der Waals surface area contributed by atoms with Crippen molar-refractivity contribution in [1.82, 2.24) is 0 Å². The average molecular weight is 150 g/mol. The van der Waals surface area contributed by atoms with Gasteiger partial charge in [-0.25, -0.2) is 0 Å². The van der Waals surface area contributed by atoms with Crippen LogP contribution in [0, 0.1) is 0 Å².